The standard InChI is InChI=1S/C28H34N6O3/c1-19(2)16-30-13-15-37-28(35)31-17-20-8-10-21(11-9-20)18-34-24(12-14-36-3)33-25-26(34)22-6-4-5-7-23(22)32-27(25)29/h4-11,30H,1,12-18H2,2-3H3,(H2,29,32)(H,31,35). The molecule has 0 saturated heterocycles. The summed E-state index contributed by atoms with van der Waals surface area (Å²) in [7, 11) is 1.68. The van der Waals surface area contributed by atoms with E-state index in [0.29, 0.717) is 57.1 Å². The Hall–Kier alpha value is -3.95. The van der Waals surface area contributed by atoms with Crippen molar-refractivity contribution < 1.29 is 14.3 Å². The second-order valence-electron chi connectivity index (χ2n) is 9.01. The number of methoxy groups -OCH3 is 1. The summed E-state index contributed by atoms with van der Waals surface area (Å²) in [5.74, 6) is 1.32. The van der Waals surface area contributed by atoms with Gasteiger partial charge in [0.2, 0.25) is 0 Å². The molecule has 0 spiro atoms. The van der Waals surface area contributed by atoms with Gasteiger partial charge in [0.1, 0.15) is 17.9 Å². The highest BCUT2D eigenvalue weighted by Crippen LogP contribution is 2.29. The van der Waals surface area contributed by atoms with Crippen LogP contribution in [0.3, 0.4) is 0 Å². The van der Waals surface area contributed by atoms with E-state index < -0.39 is 6.09 Å². The smallest absolute Gasteiger partial charge is 0.407 e. The van der Waals surface area contributed by atoms with Gasteiger partial charge in [-0.15, -0.1) is 0 Å². The fraction of sp³-hybridized carbons (Fsp3) is 0.321. The second kappa shape index (κ2) is 12.3. The average molecular weight is 503 g/mol. The number of hydrogen-bond donors (Lipinski definition) is 3. The van der Waals surface area contributed by atoms with Gasteiger partial charge in [-0.3, -0.25) is 0 Å². The summed E-state index contributed by atoms with van der Waals surface area (Å²) in [6, 6.07) is 16.1. The first-order chi connectivity index (χ1) is 18.0. The molecule has 4 aromatic rings. The number of nitrogens with one attached hydrogen (secondary N) is 2. The third-order valence-corrected chi connectivity index (χ3v) is 5.96. The summed E-state index contributed by atoms with van der Waals surface area (Å²) in [5.41, 5.74) is 11.9. The van der Waals surface area contributed by atoms with Crippen molar-refractivity contribution in [2.75, 3.05) is 39.1 Å². The number of fused-ring (bicyclic) bond motifs is 3. The van der Waals surface area contributed by atoms with Crippen molar-refractivity contribution in [1.29, 1.82) is 0 Å². The number of amides is 1. The summed E-state index contributed by atoms with van der Waals surface area (Å²) in [4.78, 5) is 21.3. The Morgan fingerprint density at radius 2 is 1.84 bits per heavy atom. The van der Waals surface area contributed by atoms with Gasteiger partial charge in [-0.1, -0.05) is 54.6 Å². The Balaban J connectivity index is 1.45. The second-order valence-corrected chi connectivity index (χ2v) is 9.01. The first kappa shape index (κ1) is 26.1. The summed E-state index contributed by atoms with van der Waals surface area (Å²) in [6.45, 7) is 8.93. The number of nitrogen functional groups attached to an aromatic ring is 1. The van der Waals surface area contributed by atoms with E-state index in [1.165, 1.54) is 0 Å². The molecule has 4 rings (SSSR count). The number of imidazole rings is 1. The summed E-state index contributed by atoms with van der Waals surface area (Å²) >= 11 is 0. The van der Waals surface area contributed by atoms with Gasteiger partial charge in [0.25, 0.3) is 0 Å². The van der Waals surface area contributed by atoms with Crippen molar-refractivity contribution in [1.82, 2.24) is 25.2 Å². The molecule has 0 bridgehead atoms. The maximum absolute atomic E-state index is 12.0. The van der Waals surface area contributed by atoms with Crippen LogP contribution in [0.15, 0.2) is 60.7 Å². The topological polar surface area (TPSA) is 116 Å². The van der Waals surface area contributed by atoms with E-state index in [1.54, 1.807) is 7.11 Å². The van der Waals surface area contributed by atoms with Crippen LogP contribution in [-0.2, 0) is 29.0 Å². The van der Waals surface area contributed by atoms with Crippen molar-refractivity contribution in [2.24, 2.45) is 0 Å². The number of nitrogens with two attached hydrogens (primary N) is 1. The van der Waals surface area contributed by atoms with Crippen molar-refractivity contribution in [3.63, 3.8) is 0 Å². The van der Waals surface area contributed by atoms with Crippen molar-refractivity contribution in [2.45, 2.75) is 26.4 Å². The van der Waals surface area contributed by atoms with Gasteiger partial charge in [0, 0.05) is 45.1 Å². The van der Waals surface area contributed by atoms with Crippen LogP contribution in [0, 0.1) is 0 Å². The normalized spacial score (nSPS) is 11.2. The Morgan fingerprint density at radius 3 is 2.59 bits per heavy atom. The SMILES string of the molecule is C=C(C)CNCCOC(=O)NCc1ccc(Cn2c(CCOC)nc3c(N)nc4ccccc4c32)cc1. The number of aromatic nitrogens is 3. The van der Waals surface area contributed by atoms with Crippen LogP contribution in [0.25, 0.3) is 21.9 Å². The molecule has 2 aromatic carbocycles. The van der Waals surface area contributed by atoms with Crippen LogP contribution >= 0.6 is 0 Å². The van der Waals surface area contributed by atoms with Crippen LogP contribution in [0.2, 0.25) is 0 Å². The first-order valence-electron chi connectivity index (χ1n) is 12.3. The number of rotatable bonds is 12. The lowest BCUT2D eigenvalue weighted by atomic mass is 10.1. The number of nitrogens with zero attached hydrogens (tertiary/aromatic N) is 3. The zero-order chi connectivity index (χ0) is 26.2. The molecule has 2 heterocycles. The minimum atomic E-state index is -0.438. The monoisotopic (exact) mass is 502 g/mol. The third-order valence-electron chi connectivity index (χ3n) is 5.96. The van der Waals surface area contributed by atoms with Gasteiger partial charge in [0.15, 0.2) is 5.82 Å². The molecule has 9 nitrogen and oxygen atoms in total. The van der Waals surface area contributed by atoms with Crippen molar-refractivity contribution in [3.8, 4) is 0 Å². The highest BCUT2D eigenvalue weighted by Gasteiger charge is 2.17. The largest absolute Gasteiger partial charge is 0.448 e. The highest BCUT2D eigenvalue weighted by atomic mass is 16.5. The van der Waals surface area contributed by atoms with Gasteiger partial charge in [-0.05, 0) is 24.1 Å². The molecule has 37 heavy (non-hydrogen) atoms. The molecule has 2 aromatic heterocycles. The quantitative estimate of drug-likeness (QED) is 0.199. The minimum Gasteiger partial charge on any atom is -0.448 e. The lowest BCUT2D eigenvalue weighted by Crippen LogP contribution is -2.28. The number of benzene rings is 2. The molecule has 0 aliphatic heterocycles. The maximum Gasteiger partial charge on any atom is 0.407 e. The van der Waals surface area contributed by atoms with Crippen molar-refractivity contribution >= 4 is 33.8 Å². The van der Waals surface area contributed by atoms with E-state index in [4.69, 9.17) is 20.2 Å². The van der Waals surface area contributed by atoms with Gasteiger partial charge >= 0.3 is 6.09 Å². The minimum absolute atomic E-state index is 0.303. The molecule has 0 aliphatic rings. The number of para-hydroxylation sites is 1. The molecular weight excluding hydrogens is 468 g/mol. The van der Waals surface area contributed by atoms with Crippen LogP contribution in [-0.4, -0.2) is 54.0 Å². The molecular formula is C28H34N6O3. The molecule has 0 fully saturated rings. The van der Waals surface area contributed by atoms with Crippen LogP contribution in [0.4, 0.5) is 10.6 Å². The number of anilines is 1. The van der Waals surface area contributed by atoms with Crippen molar-refractivity contribution in [3.05, 3.63) is 77.6 Å². The van der Waals surface area contributed by atoms with Gasteiger partial charge in [0.05, 0.1) is 17.6 Å². The van der Waals surface area contributed by atoms with Crippen LogP contribution in [0.1, 0.15) is 23.9 Å². The van der Waals surface area contributed by atoms with Crippen LogP contribution in [0.5, 0.6) is 0 Å². The number of alkyl carbamates (subject to hydrolysis) is 1. The molecule has 9 heteroatoms. The van der Waals surface area contributed by atoms with E-state index in [2.05, 4.69) is 38.9 Å². The Labute approximate surface area is 216 Å². The first-order valence-corrected chi connectivity index (χ1v) is 12.3. The molecule has 1 amide bonds. The lowest BCUT2D eigenvalue weighted by molar-refractivity contribution is 0.146. The van der Waals surface area contributed by atoms with Crippen LogP contribution < -0.4 is 16.4 Å². The molecule has 0 atom stereocenters. The van der Waals surface area contributed by atoms with Gasteiger partial charge in [-0.25, -0.2) is 14.8 Å². The molecule has 0 saturated carbocycles. The predicted octanol–water partition coefficient (Wildman–Crippen LogP) is 3.80. The predicted molar refractivity (Wildman–Crippen MR) is 146 cm³/mol. The summed E-state index contributed by atoms with van der Waals surface area (Å²) in [6.07, 6.45) is 0.220. The maximum atomic E-state index is 12.0. The van der Waals surface area contributed by atoms with E-state index in [1.807, 2.05) is 43.3 Å². The lowest BCUT2D eigenvalue weighted by Gasteiger charge is -2.12. The Bertz CT molecular complexity index is 1380. The fourth-order valence-electron chi connectivity index (χ4n) is 4.15. The molecule has 0 radical (unpaired) electrons. The Morgan fingerprint density at radius 1 is 1.08 bits per heavy atom. The Kier molecular flexibility index (Phi) is 8.71. The molecule has 0 aliphatic carbocycles. The zero-order valence-corrected chi connectivity index (χ0v) is 21.4. The molecule has 4 N–H and O–H groups in total. The number of hydrogen-bond acceptors (Lipinski definition) is 7. The van der Waals surface area contributed by atoms with E-state index >= 15 is 0 Å². The fourth-order valence-corrected chi connectivity index (χ4v) is 4.15. The van der Waals surface area contributed by atoms with Gasteiger partial charge < -0.3 is 30.4 Å². The summed E-state index contributed by atoms with van der Waals surface area (Å²) < 4.78 is 12.7. The number of ether oxygens (including phenoxy) is 2. The van der Waals surface area contributed by atoms with E-state index in [0.717, 1.165) is 38.9 Å². The number of pyridine rings is 1. The molecule has 194 valence electrons. The highest BCUT2D eigenvalue weighted by molar-refractivity contribution is 6.06. The summed E-state index contributed by atoms with van der Waals surface area (Å²) in [5, 5.41) is 6.95. The number of carbonyl (C=O) groups excluding carboxylic acids is 1. The number of carbonyl (C=O) groups is 1. The van der Waals surface area contributed by atoms with E-state index in [9.17, 15) is 4.79 Å². The molecule has 0 unspecified atom stereocenters. The zero-order valence-electron chi connectivity index (χ0n) is 21.4. The van der Waals surface area contributed by atoms with Gasteiger partial charge in [-0.2, -0.15) is 0 Å². The average Bonchev–Trinajstić information content (AvgIpc) is 3.25. The van der Waals surface area contributed by atoms with E-state index in [-0.39, 0.29) is 0 Å². The third kappa shape index (κ3) is 6.63.